The maximum Gasteiger partial charge on any atom is 0.129 e. The van der Waals surface area contributed by atoms with Crippen molar-refractivity contribution in [2.24, 2.45) is 5.92 Å². The SMILES string of the molecule is C[Si](C)(C)C#CC1CCCC1. The van der Waals surface area contributed by atoms with Crippen LogP contribution in [0.15, 0.2) is 0 Å². The Labute approximate surface area is 71.4 Å². The van der Waals surface area contributed by atoms with Crippen molar-refractivity contribution in [3.05, 3.63) is 0 Å². The standard InChI is InChI=1S/C10H18Si/c1-11(2,3)9-8-10-6-4-5-7-10/h10H,4-7H2,1-3H3. The average Bonchev–Trinajstić information content (AvgIpc) is 2.32. The van der Waals surface area contributed by atoms with E-state index in [0.29, 0.717) is 0 Å². The molecule has 0 unspecified atom stereocenters. The molecule has 1 aliphatic rings. The second-order valence-electron chi connectivity index (χ2n) is 4.50. The van der Waals surface area contributed by atoms with E-state index in [2.05, 4.69) is 31.1 Å². The van der Waals surface area contributed by atoms with Gasteiger partial charge in [-0.2, -0.15) is 0 Å². The molecule has 1 fully saturated rings. The highest BCUT2D eigenvalue weighted by atomic mass is 28.3. The summed E-state index contributed by atoms with van der Waals surface area (Å²) in [5.74, 6) is 4.18. The minimum absolute atomic E-state index is 0.752. The van der Waals surface area contributed by atoms with Crippen molar-refractivity contribution in [1.29, 1.82) is 0 Å². The van der Waals surface area contributed by atoms with Gasteiger partial charge in [0.1, 0.15) is 8.07 Å². The van der Waals surface area contributed by atoms with E-state index >= 15 is 0 Å². The van der Waals surface area contributed by atoms with Gasteiger partial charge in [0.05, 0.1) is 0 Å². The molecule has 1 aliphatic carbocycles. The summed E-state index contributed by atoms with van der Waals surface area (Å²) >= 11 is 0. The second-order valence-corrected chi connectivity index (χ2v) is 9.25. The molecule has 62 valence electrons. The molecule has 0 aliphatic heterocycles. The molecule has 0 spiro atoms. The number of rotatable bonds is 0. The maximum atomic E-state index is 3.45. The van der Waals surface area contributed by atoms with E-state index in [0.717, 1.165) is 5.92 Å². The largest absolute Gasteiger partial charge is 0.132 e. The van der Waals surface area contributed by atoms with Crippen LogP contribution in [-0.2, 0) is 0 Å². The van der Waals surface area contributed by atoms with Crippen molar-refractivity contribution in [2.45, 2.75) is 45.3 Å². The minimum Gasteiger partial charge on any atom is -0.132 e. The number of hydrogen-bond acceptors (Lipinski definition) is 0. The van der Waals surface area contributed by atoms with E-state index < -0.39 is 8.07 Å². The van der Waals surface area contributed by atoms with Crippen LogP contribution in [0.1, 0.15) is 25.7 Å². The molecule has 0 heterocycles. The highest BCUT2D eigenvalue weighted by molar-refractivity contribution is 6.83. The predicted octanol–water partition coefficient (Wildman–Crippen LogP) is 3.06. The van der Waals surface area contributed by atoms with Gasteiger partial charge in [-0.25, -0.2) is 0 Å². The zero-order valence-corrected chi connectivity index (χ0v) is 8.91. The lowest BCUT2D eigenvalue weighted by Crippen LogP contribution is -2.16. The Morgan fingerprint density at radius 3 is 2.09 bits per heavy atom. The highest BCUT2D eigenvalue weighted by Gasteiger charge is 2.13. The third-order valence-corrected chi connectivity index (χ3v) is 2.90. The van der Waals surface area contributed by atoms with E-state index in [9.17, 15) is 0 Å². The van der Waals surface area contributed by atoms with Gasteiger partial charge < -0.3 is 0 Å². The van der Waals surface area contributed by atoms with Crippen LogP contribution in [0.2, 0.25) is 19.6 Å². The highest BCUT2D eigenvalue weighted by Crippen LogP contribution is 2.23. The third-order valence-electron chi connectivity index (χ3n) is 2.01. The topological polar surface area (TPSA) is 0 Å². The summed E-state index contributed by atoms with van der Waals surface area (Å²) in [5.41, 5.74) is 3.45. The van der Waals surface area contributed by atoms with E-state index in [4.69, 9.17) is 0 Å². The molecule has 1 heteroatoms. The van der Waals surface area contributed by atoms with Gasteiger partial charge in [0.2, 0.25) is 0 Å². The zero-order valence-electron chi connectivity index (χ0n) is 7.91. The summed E-state index contributed by atoms with van der Waals surface area (Å²) in [7, 11) is -1.09. The average molecular weight is 166 g/mol. The molecule has 0 radical (unpaired) electrons. The molecule has 0 N–H and O–H groups in total. The summed E-state index contributed by atoms with van der Waals surface area (Å²) in [5, 5.41) is 0. The molecule has 0 atom stereocenters. The summed E-state index contributed by atoms with van der Waals surface area (Å²) in [4.78, 5) is 0. The minimum atomic E-state index is -1.09. The van der Waals surface area contributed by atoms with E-state index in [1.165, 1.54) is 25.7 Å². The first kappa shape index (κ1) is 8.87. The lowest BCUT2D eigenvalue weighted by molar-refractivity contribution is 0.712. The Kier molecular flexibility index (Phi) is 2.78. The Morgan fingerprint density at radius 2 is 1.64 bits per heavy atom. The van der Waals surface area contributed by atoms with E-state index in [1.54, 1.807) is 0 Å². The van der Waals surface area contributed by atoms with Crippen molar-refractivity contribution in [3.63, 3.8) is 0 Å². The molecule has 11 heavy (non-hydrogen) atoms. The molecule has 0 bridgehead atoms. The molecular formula is C10H18Si. The first-order valence-corrected chi connectivity index (χ1v) is 8.11. The molecule has 0 nitrogen and oxygen atoms in total. The van der Waals surface area contributed by atoms with Gasteiger partial charge in [-0.1, -0.05) is 32.5 Å². The van der Waals surface area contributed by atoms with E-state index in [-0.39, 0.29) is 0 Å². The fourth-order valence-corrected chi connectivity index (χ4v) is 2.03. The van der Waals surface area contributed by atoms with Crippen molar-refractivity contribution in [3.8, 4) is 11.5 Å². The Balaban J connectivity index is 2.42. The molecule has 1 rings (SSSR count). The van der Waals surface area contributed by atoms with Crippen LogP contribution in [0.3, 0.4) is 0 Å². The number of hydrogen-bond donors (Lipinski definition) is 0. The monoisotopic (exact) mass is 166 g/mol. The molecule has 0 aromatic carbocycles. The molecular weight excluding hydrogens is 148 g/mol. The Hall–Kier alpha value is -0.223. The fourth-order valence-electron chi connectivity index (χ4n) is 1.39. The van der Waals surface area contributed by atoms with Gasteiger partial charge in [0, 0.05) is 5.92 Å². The fraction of sp³-hybridized carbons (Fsp3) is 0.800. The Morgan fingerprint density at radius 1 is 1.09 bits per heavy atom. The summed E-state index contributed by atoms with van der Waals surface area (Å²) in [6.07, 6.45) is 5.53. The van der Waals surface area contributed by atoms with Gasteiger partial charge in [-0.3, -0.25) is 0 Å². The first-order valence-electron chi connectivity index (χ1n) is 4.61. The van der Waals surface area contributed by atoms with Crippen LogP contribution in [0.4, 0.5) is 0 Å². The van der Waals surface area contributed by atoms with Crippen molar-refractivity contribution in [2.75, 3.05) is 0 Å². The maximum absolute atomic E-state index is 3.45. The molecule has 0 aromatic heterocycles. The third kappa shape index (κ3) is 3.62. The molecule has 0 saturated heterocycles. The van der Waals surface area contributed by atoms with Crippen LogP contribution in [-0.4, -0.2) is 8.07 Å². The van der Waals surface area contributed by atoms with Crippen LogP contribution in [0, 0.1) is 17.4 Å². The van der Waals surface area contributed by atoms with Crippen molar-refractivity contribution >= 4 is 8.07 Å². The van der Waals surface area contributed by atoms with Gasteiger partial charge in [-0.05, 0) is 12.8 Å². The summed E-state index contributed by atoms with van der Waals surface area (Å²) < 4.78 is 0. The smallest absolute Gasteiger partial charge is 0.129 e. The molecule has 0 amide bonds. The lowest BCUT2D eigenvalue weighted by atomic mass is 10.1. The Bertz CT molecular complexity index is 171. The van der Waals surface area contributed by atoms with Gasteiger partial charge in [0.15, 0.2) is 0 Å². The van der Waals surface area contributed by atoms with Crippen LogP contribution < -0.4 is 0 Å². The van der Waals surface area contributed by atoms with Crippen molar-refractivity contribution in [1.82, 2.24) is 0 Å². The van der Waals surface area contributed by atoms with Gasteiger partial charge >= 0.3 is 0 Å². The second kappa shape index (κ2) is 3.45. The quantitative estimate of drug-likeness (QED) is 0.383. The zero-order chi connectivity index (χ0) is 8.32. The molecule has 1 saturated carbocycles. The van der Waals surface area contributed by atoms with Gasteiger partial charge in [-0.15, -0.1) is 11.5 Å². The van der Waals surface area contributed by atoms with Crippen LogP contribution in [0.5, 0.6) is 0 Å². The van der Waals surface area contributed by atoms with Crippen LogP contribution in [0.25, 0.3) is 0 Å². The predicted molar refractivity (Wildman–Crippen MR) is 53.1 cm³/mol. The van der Waals surface area contributed by atoms with Gasteiger partial charge in [0.25, 0.3) is 0 Å². The lowest BCUT2D eigenvalue weighted by Gasteiger charge is -2.05. The van der Waals surface area contributed by atoms with E-state index in [1.807, 2.05) is 0 Å². The first-order chi connectivity index (χ1) is 5.08. The normalized spacial score (nSPS) is 19.5. The summed E-state index contributed by atoms with van der Waals surface area (Å²) in [6.45, 7) is 6.94. The molecule has 0 aromatic rings. The summed E-state index contributed by atoms with van der Waals surface area (Å²) in [6, 6.07) is 0. The van der Waals surface area contributed by atoms with Crippen molar-refractivity contribution < 1.29 is 0 Å². The van der Waals surface area contributed by atoms with Crippen LogP contribution >= 0.6 is 0 Å².